The highest BCUT2D eigenvalue weighted by Crippen LogP contribution is 2.48. The smallest absolute Gasteiger partial charge is 0.340 e. The van der Waals surface area contributed by atoms with Gasteiger partial charge in [-0.3, -0.25) is 0 Å². The number of hydrogen-bond acceptors (Lipinski definition) is 3. The summed E-state index contributed by atoms with van der Waals surface area (Å²) in [4.78, 5) is 12.0. The summed E-state index contributed by atoms with van der Waals surface area (Å²) in [5, 5.41) is 24.2. The summed E-state index contributed by atoms with van der Waals surface area (Å²) >= 11 is 0. The third-order valence-electron chi connectivity index (χ3n) is 5.97. The third-order valence-corrected chi connectivity index (χ3v) is 5.97. The maximum atomic E-state index is 13.7. The van der Waals surface area contributed by atoms with Crippen LogP contribution in [0.5, 0.6) is 0 Å². The fourth-order valence-electron chi connectivity index (χ4n) is 4.46. The average Bonchev–Trinajstić information content (AvgIpc) is 3.00. The fourth-order valence-corrected chi connectivity index (χ4v) is 4.46. The molecule has 1 aliphatic carbocycles. The first-order valence-corrected chi connectivity index (χ1v) is 9.45. The number of aliphatic carboxylic acids is 1. The van der Waals surface area contributed by atoms with E-state index in [0.29, 0.717) is 12.3 Å². The lowest BCUT2D eigenvalue weighted by Gasteiger charge is -2.32. The maximum Gasteiger partial charge on any atom is 0.340 e. The molecular formula is C20H27F2NO3. The van der Waals surface area contributed by atoms with Crippen molar-refractivity contribution < 1.29 is 23.8 Å². The molecule has 4 nitrogen and oxygen atoms in total. The molecule has 6 heteroatoms. The van der Waals surface area contributed by atoms with Gasteiger partial charge in [-0.1, -0.05) is 24.3 Å². The SMILES string of the molecule is O=C(O)[C@](O)(c1ccccc1CC[C@H]1CCCNC1)[C@@H]1CCC(F)(F)C1. The maximum absolute atomic E-state index is 13.7. The number of benzene rings is 1. The first-order chi connectivity index (χ1) is 12.3. The molecule has 3 N–H and O–H groups in total. The number of halogens is 2. The summed E-state index contributed by atoms with van der Waals surface area (Å²) in [7, 11) is 0. The van der Waals surface area contributed by atoms with Gasteiger partial charge in [0.25, 0.3) is 0 Å². The van der Waals surface area contributed by atoms with Crippen LogP contribution in [0.4, 0.5) is 8.78 Å². The van der Waals surface area contributed by atoms with Crippen LogP contribution in [0.3, 0.4) is 0 Å². The molecule has 3 rings (SSSR count). The van der Waals surface area contributed by atoms with E-state index in [1.165, 1.54) is 0 Å². The Morgan fingerprint density at radius 1 is 1.31 bits per heavy atom. The van der Waals surface area contributed by atoms with E-state index in [1.807, 2.05) is 12.1 Å². The van der Waals surface area contributed by atoms with Gasteiger partial charge >= 0.3 is 5.97 Å². The Balaban J connectivity index is 1.84. The van der Waals surface area contributed by atoms with Gasteiger partial charge in [0.1, 0.15) is 0 Å². The van der Waals surface area contributed by atoms with Gasteiger partial charge in [0.2, 0.25) is 5.92 Å². The third kappa shape index (κ3) is 3.91. The van der Waals surface area contributed by atoms with E-state index < -0.39 is 29.8 Å². The van der Waals surface area contributed by atoms with Gasteiger partial charge < -0.3 is 15.5 Å². The molecule has 1 aliphatic heterocycles. The molecule has 144 valence electrons. The minimum absolute atomic E-state index is 0.0106. The monoisotopic (exact) mass is 367 g/mol. The van der Waals surface area contributed by atoms with Crippen molar-refractivity contribution in [3.63, 3.8) is 0 Å². The number of alkyl halides is 2. The summed E-state index contributed by atoms with van der Waals surface area (Å²) in [6, 6.07) is 6.87. The molecule has 0 radical (unpaired) electrons. The summed E-state index contributed by atoms with van der Waals surface area (Å²) in [5.41, 5.74) is -1.24. The van der Waals surface area contributed by atoms with E-state index >= 15 is 0 Å². The quantitative estimate of drug-likeness (QED) is 0.721. The zero-order valence-electron chi connectivity index (χ0n) is 14.9. The van der Waals surface area contributed by atoms with Crippen molar-refractivity contribution in [2.45, 2.75) is 56.5 Å². The van der Waals surface area contributed by atoms with Crippen LogP contribution in [-0.4, -0.2) is 35.2 Å². The molecule has 3 atom stereocenters. The van der Waals surface area contributed by atoms with E-state index in [-0.39, 0.29) is 18.4 Å². The van der Waals surface area contributed by atoms with Crippen LogP contribution in [0.15, 0.2) is 24.3 Å². The van der Waals surface area contributed by atoms with Crippen LogP contribution in [0.25, 0.3) is 0 Å². The van der Waals surface area contributed by atoms with Crippen LogP contribution in [0.1, 0.15) is 49.7 Å². The van der Waals surface area contributed by atoms with E-state index in [4.69, 9.17) is 0 Å². The van der Waals surface area contributed by atoms with E-state index in [0.717, 1.165) is 37.9 Å². The Morgan fingerprint density at radius 2 is 2.08 bits per heavy atom. The second kappa shape index (κ2) is 7.61. The van der Waals surface area contributed by atoms with E-state index in [2.05, 4.69) is 5.32 Å². The Bertz CT molecular complexity index is 646. The van der Waals surface area contributed by atoms with Gasteiger partial charge in [-0.15, -0.1) is 0 Å². The van der Waals surface area contributed by atoms with Gasteiger partial charge in [0.05, 0.1) is 0 Å². The normalized spacial score (nSPS) is 27.8. The average molecular weight is 367 g/mol. The molecule has 0 bridgehead atoms. The second-order valence-electron chi connectivity index (χ2n) is 7.78. The van der Waals surface area contributed by atoms with Crippen molar-refractivity contribution in [3.8, 4) is 0 Å². The van der Waals surface area contributed by atoms with Crippen molar-refractivity contribution in [1.29, 1.82) is 0 Å². The molecule has 2 fully saturated rings. The van der Waals surface area contributed by atoms with Crippen LogP contribution in [0.2, 0.25) is 0 Å². The summed E-state index contributed by atoms with van der Waals surface area (Å²) < 4.78 is 27.4. The van der Waals surface area contributed by atoms with E-state index in [1.54, 1.807) is 12.1 Å². The molecule has 0 unspecified atom stereocenters. The van der Waals surface area contributed by atoms with E-state index in [9.17, 15) is 23.8 Å². The number of carboxylic acid groups (broad SMARTS) is 1. The predicted molar refractivity (Wildman–Crippen MR) is 94.2 cm³/mol. The second-order valence-corrected chi connectivity index (χ2v) is 7.78. The number of nitrogens with one attached hydrogen (secondary N) is 1. The predicted octanol–water partition coefficient (Wildman–Crippen LogP) is 3.33. The van der Waals surface area contributed by atoms with Crippen molar-refractivity contribution in [2.24, 2.45) is 11.8 Å². The highest BCUT2D eigenvalue weighted by atomic mass is 19.3. The summed E-state index contributed by atoms with van der Waals surface area (Å²) in [6.45, 7) is 1.97. The van der Waals surface area contributed by atoms with Crippen molar-refractivity contribution in [1.82, 2.24) is 5.32 Å². The Labute approximate surface area is 152 Å². The van der Waals surface area contributed by atoms with Crippen molar-refractivity contribution in [2.75, 3.05) is 13.1 Å². The molecule has 0 amide bonds. The van der Waals surface area contributed by atoms with Gasteiger partial charge in [-0.2, -0.15) is 0 Å². The van der Waals surface area contributed by atoms with Gasteiger partial charge in [-0.05, 0) is 62.2 Å². The van der Waals surface area contributed by atoms with Gasteiger partial charge in [0.15, 0.2) is 5.60 Å². The largest absolute Gasteiger partial charge is 0.479 e. The minimum atomic E-state index is -2.91. The molecule has 0 aromatic heterocycles. The van der Waals surface area contributed by atoms with Crippen LogP contribution < -0.4 is 5.32 Å². The molecule has 1 saturated heterocycles. The Kier molecular flexibility index (Phi) is 5.63. The topological polar surface area (TPSA) is 69.6 Å². The summed E-state index contributed by atoms with van der Waals surface area (Å²) in [6.07, 6.45) is 2.84. The standard InChI is InChI=1S/C20H27F2NO3/c21-19(22)10-9-16(12-19)20(26,18(24)25)17-6-2-1-5-15(17)8-7-14-4-3-11-23-13-14/h1-2,5-6,14,16,23,26H,3-4,7-13H2,(H,24,25)/t14-,16-,20-/m1/s1. The number of carboxylic acids is 1. The molecule has 2 aliphatic rings. The number of hydrogen-bond donors (Lipinski definition) is 3. The zero-order chi connectivity index (χ0) is 18.8. The molecule has 1 heterocycles. The number of carbonyl (C=O) groups is 1. The minimum Gasteiger partial charge on any atom is -0.479 e. The number of rotatable bonds is 6. The highest BCUT2D eigenvalue weighted by Gasteiger charge is 2.54. The van der Waals surface area contributed by atoms with Crippen LogP contribution in [0, 0.1) is 11.8 Å². The number of aliphatic hydroxyl groups is 1. The number of aryl methyl sites for hydroxylation is 1. The fraction of sp³-hybridized carbons (Fsp3) is 0.650. The van der Waals surface area contributed by atoms with Crippen LogP contribution in [-0.2, 0) is 16.8 Å². The molecular weight excluding hydrogens is 340 g/mol. The molecule has 0 spiro atoms. The zero-order valence-corrected chi connectivity index (χ0v) is 14.9. The lowest BCUT2D eigenvalue weighted by molar-refractivity contribution is -0.167. The van der Waals surface area contributed by atoms with Crippen molar-refractivity contribution in [3.05, 3.63) is 35.4 Å². The molecule has 1 aromatic rings. The Morgan fingerprint density at radius 3 is 2.69 bits per heavy atom. The Hall–Kier alpha value is -1.53. The van der Waals surface area contributed by atoms with Gasteiger partial charge in [-0.25, -0.2) is 13.6 Å². The first-order valence-electron chi connectivity index (χ1n) is 9.45. The molecule has 1 saturated carbocycles. The first kappa shape index (κ1) is 19.2. The lowest BCUT2D eigenvalue weighted by atomic mass is 9.77. The summed E-state index contributed by atoms with van der Waals surface area (Å²) in [5.74, 6) is -4.80. The molecule has 1 aromatic carbocycles. The highest BCUT2D eigenvalue weighted by molar-refractivity contribution is 5.80. The van der Waals surface area contributed by atoms with Gasteiger partial charge in [0, 0.05) is 18.8 Å². The lowest BCUT2D eigenvalue weighted by Crippen LogP contribution is -2.43. The van der Waals surface area contributed by atoms with Crippen LogP contribution >= 0.6 is 0 Å². The number of piperidine rings is 1. The molecule has 26 heavy (non-hydrogen) atoms. The van der Waals surface area contributed by atoms with Crippen molar-refractivity contribution >= 4 is 5.97 Å².